The fraction of sp³-hybridized carbons (Fsp3) is 0. The Balaban J connectivity index is 1.23. The van der Waals surface area contributed by atoms with Gasteiger partial charge in [-0.15, -0.1) is 11.3 Å². The summed E-state index contributed by atoms with van der Waals surface area (Å²) >= 11 is 1.73. The normalized spacial score (nSPS) is 11.7. The van der Waals surface area contributed by atoms with Gasteiger partial charge in [-0.25, -0.2) is 15.0 Å². The van der Waals surface area contributed by atoms with Crippen LogP contribution in [0, 0.1) is 0 Å². The van der Waals surface area contributed by atoms with Crippen molar-refractivity contribution >= 4 is 49.1 Å². The molecule has 4 nitrogen and oxygen atoms in total. The summed E-state index contributed by atoms with van der Waals surface area (Å²) in [5, 5.41) is 3.26. The Morgan fingerprint density at radius 2 is 1.32 bits per heavy atom. The molecule has 0 atom stereocenters. The van der Waals surface area contributed by atoms with E-state index in [1.165, 1.54) is 10.3 Å². The number of fused-ring (bicyclic) bond motifs is 6. The summed E-state index contributed by atoms with van der Waals surface area (Å²) in [5.74, 6) is 0. The van der Waals surface area contributed by atoms with E-state index in [-0.39, 0.29) is 0 Å². The van der Waals surface area contributed by atoms with E-state index < -0.39 is 0 Å². The molecule has 0 spiro atoms. The highest BCUT2D eigenvalue weighted by Gasteiger charge is 2.15. The lowest BCUT2D eigenvalue weighted by Crippen LogP contribution is -1.91. The molecule has 178 valence electrons. The first kappa shape index (κ1) is 21.2. The van der Waals surface area contributed by atoms with E-state index >= 15 is 0 Å². The van der Waals surface area contributed by atoms with Crippen molar-refractivity contribution in [3.63, 3.8) is 0 Å². The second kappa shape index (κ2) is 8.33. The van der Waals surface area contributed by atoms with Gasteiger partial charge in [0.25, 0.3) is 0 Å². The van der Waals surface area contributed by atoms with Crippen molar-refractivity contribution in [2.45, 2.75) is 0 Å². The summed E-state index contributed by atoms with van der Waals surface area (Å²) in [7, 11) is 0. The first-order valence-electron chi connectivity index (χ1n) is 12.5. The van der Waals surface area contributed by atoms with E-state index in [9.17, 15) is 0 Å². The topological polar surface area (TPSA) is 43.1 Å². The number of benzene rings is 4. The molecular weight excluding hydrogens is 484 g/mol. The van der Waals surface area contributed by atoms with Crippen molar-refractivity contribution in [3.8, 4) is 33.0 Å². The van der Waals surface area contributed by atoms with Gasteiger partial charge in [0, 0.05) is 28.1 Å². The van der Waals surface area contributed by atoms with E-state index in [2.05, 4.69) is 95.4 Å². The number of nitrogens with zero attached hydrogens (tertiary/aromatic N) is 4. The highest BCUT2D eigenvalue weighted by atomic mass is 32.1. The summed E-state index contributed by atoms with van der Waals surface area (Å²) in [6, 6.07) is 40.1. The third kappa shape index (κ3) is 3.33. The molecule has 8 rings (SSSR count). The standard InChI is InChI=1S/C33H20N4S/c1-2-11-26-25(10-1)30(36-32-31(26)35-29-14-5-6-19-37(29)32)22-17-15-21(16-18-22)23-8-7-9-24(20-23)33-34-27-12-3-4-13-28(27)38-33/h1-20H. The maximum atomic E-state index is 5.13. The maximum absolute atomic E-state index is 5.13. The van der Waals surface area contributed by atoms with Crippen molar-refractivity contribution < 1.29 is 0 Å². The number of para-hydroxylation sites is 1. The number of imidazole rings is 1. The van der Waals surface area contributed by atoms with Crippen LogP contribution in [0.5, 0.6) is 0 Å². The summed E-state index contributed by atoms with van der Waals surface area (Å²) in [4.78, 5) is 14.9. The molecule has 4 heterocycles. The van der Waals surface area contributed by atoms with Crippen LogP contribution in [-0.2, 0) is 0 Å². The average molecular weight is 505 g/mol. The van der Waals surface area contributed by atoms with Gasteiger partial charge in [0.2, 0.25) is 0 Å². The van der Waals surface area contributed by atoms with Gasteiger partial charge in [-0.1, -0.05) is 84.9 Å². The molecular formula is C33H20N4S. The van der Waals surface area contributed by atoms with Crippen LogP contribution < -0.4 is 0 Å². The van der Waals surface area contributed by atoms with Gasteiger partial charge in [-0.05, 0) is 41.5 Å². The van der Waals surface area contributed by atoms with Gasteiger partial charge < -0.3 is 0 Å². The van der Waals surface area contributed by atoms with E-state index in [1.54, 1.807) is 11.3 Å². The molecule has 0 aliphatic carbocycles. The van der Waals surface area contributed by atoms with Crippen LogP contribution in [-0.4, -0.2) is 19.4 Å². The zero-order chi connectivity index (χ0) is 25.1. The zero-order valence-electron chi connectivity index (χ0n) is 20.2. The van der Waals surface area contributed by atoms with Crippen molar-refractivity contribution in [2.24, 2.45) is 0 Å². The van der Waals surface area contributed by atoms with Gasteiger partial charge in [0.05, 0.1) is 15.9 Å². The van der Waals surface area contributed by atoms with Crippen molar-refractivity contribution in [1.29, 1.82) is 0 Å². The number of hydrogen-bond acceptors (Lipinski definition) is 4. The van der Waals surface area contributed by atoms with Crippen LogP contribution in [0.25, 0.3) is 70.8 Å². The van der Waals surface area contributed by atoms with E-state index in [1.807, 2.05) is 30.5 Å². The number of aromatic nitrogens is 4. The van der Waals surface area contributed by atoms with Gasteiger partial charge >= 0.3 is 0 Å². The lowest BCUT2D eigenvalue weighted by Gasteiger charge is -2.09. The molecule has 0 aliphatic heterocycles. The Labute approximate surface area is 222 Å². The molecule has 0 unspecified atom stereocenters. The van der Waals surface area contributed by atoms with Crippen LogP contribution >= 0.6 is 11.3 Å². The summed E-state index contributed by atoms with van der Waals surface area (Å²) in [6.07, 6.45) is 2.03. The number of thiazole rings is 1. The van der Waals surface area contributed by atoms with Crippen molar-refractivity contribution in [1.82, 2.24) is 19.4 Å². The van der Waals surface area contributed by atoms with Gasteiger partial charge in [-0.2, -0.15) is 0 Å². The fourth-order valence-corrected chi connectivity index (χ4v) is 6.16. The number of hydrogen-bond donors (Lipinski definition) is 0. The zero-order valence-corrected chi connectivity index (χ0v) is 21.1. The molecule has 5 heteroatoms. The maximum Gasteiger partial charge on any atom is 0.165 e. The third-order valence-electron chi connectivity index (χ3n) is 7.05. The van der Waals surface area contributed by atoms with Crippen LogP contribution in [0.4, 0.5) is 0 Å². The molecule has 0 radical (unpaired) electrons. The van der Waals surface area contributed by atoms with Crippen LogP contribution in [0.1, 0.15) is 0 Å². The summed E-state index contributed by atoms with van der Waals surface area (Å²) < 4.78 is 3.27. The quantitative estimate of drug-likeness (QED) is 0.242. The number of pyridine rings is 2. The SMILES string of the molecule is c1cc(-c2ccc(-c3nc4c(nc5ccccn54)c4ccccc34)cc2)cc(-c2nc3ccccc3s2)c1. The lowest BCUT2D eigenvalue weighted by molar-refractivity contribution is 1.19. The van der Waals surface area contributed by atoms with Crippen LogP contribution in [0.2, 0.25) is 0 Å². The first-order valence-corrected chi connectivity index (χ1v) is 13.4. The average Bonchev–Trinajstić information content (AvgIpc) is 3.59. The van der Waals surface area contributed by atoms with E-state index in [0.29, 0.717) is 0 Å². The van der Waals surface area contributed by atoms with Gasteiger partial charge in [0.1, 0.15) is 16.2 Å². The summed E-state index contributed by atoms with van der Waals surface area (Å²) in [5.41, 5.74) is 9.28. The minimum Gasteiger partial charge on any atom is -0.284 e. The Kier molecular flexibility index (Phi) is 4.66. The van der Waals surface area contributed by atoms with E-state index in [0.717, 1.165) is 60.5 Å². The molecule has 4 aromatic heterocycles. The van der Waals surface area contributed by atoms with Crippen molar-refractivity contribution in [3.05, 3.63) is 121 Å². The fourth-order valence-electron chi connectivity index (χ4n) is 5.20. The Hall–Kier alpha value is -4.87. The molecule has 0 saturated heterocycles. The predicted molar refractivity (Wildman–Crippen MR) is 157 cm³/mol. The molecule has 8 aromatic rings. The molecule has 0 saturated carbocycles. The smallest absolute Gasteiger partial charge is 0.165 e. The largest absolute Gasteiger partial charge is 0.284 e. The lowest BCUT2D eigenvalue weighted by atomic mass is 9.99. The summed E-state index contributed by atoms with van der Waals surface area (Å²) in [6.45, 7) is 0. The van der Waals surface area contributed by atoms with Crippen LogP contribution in [0.3, 0.4) is 0 Å². The molecule has 0 aliphatic rings. The molecule has 0 bridgehead atoms. The first-order chi connectivity index (χ1) is 18.8. The predicted octanol–water partition coefficient (Wildman–Crippen LogP) is 8.65. The minimum atomic E-state index is 0.877. The molecule has 0 fully saturated rings. The Morgan fingerprint density at radius 3 is 2.21 bits per heavy atom. The van der Waals surface area contributed by atoms with Gasteiger partial charge in [0.15, 0.2) is 5.65 Å². The molecule has 4 aromatic carbocycles. The highest BCUT2D eigenvalue weighted by molar-refractivity contribution is 7.21. The third-order valence-corrected chi connectivity index (χ3v) is 8.14. The van der Waals surface area contributed by atoms with Gasteiger partial charge in [-0.3, -0.25) is 4.40 Å². The molecule has 0 N–H and O–H groups in total. The second-order valence-corrected chi connectivity index (χ2v) is 10.4. The highest BCUT2D eigenvalue weighted by Crippen LogP contribution is 2.35. The molecule has 0 amide bonds. The van der Waals surface area contributed by atoms with Crippen LogP contribution in [0.15, 0.2) is 121 Å². The second-order valence-electron chi connectivity index (χ2n) is 9.36. The number of rotatable bonds is 3. The van der Waals surface area contributed by atoms with Crippen molar-refractivity contribution in [2.75, 3.05) is 0 Å². The molecule has 38 heavy (non-hydrogen) atoms. The van der Waals surface area contributed by atoms with E-state index in [4.69, 9.17) is 15.0 Å². The Morgan fingerprint density at radius 1 is 0.553 bits per heavy atom. The minimum absolute atomic E-state index is 0.877. The Bertz CT molecular complexity index is 2100. The monoisotopic (exact) mass is 504 g/mol.